The molecule has 1 fully saturated rings. The molecule has 2 amide bonds. The van der Waals surface area contributed by atoms with E-state index in [0.717, 1.165) is 37.0 Å². The molecule has 37 heavy (non-hydrogen) atoms. The van der Waals surface area contributed by atoms with Gasteiger partial charge < -0.3 is 14.7 Å². The number of carbonyl (C=O) groups is 2. The van der Waals surface area contributed by atoms with Crippen molar-refractivity contribution in [2.45, 2.75) is 58.0 Å². The van der Waals surface area contributed by atoms with E-state index in [0.29, 0.717) is 47.8 Å². The van der Waals surface area contributed by atoms with Crippen molar-refractivity contribution < 1.29 is 27.3 Å². The van der Waals surface area contributed by atoms with E-state index in [1.165, 1.54) is 6.07 Å². The molecule has 1 aromatic heterocycles. The fourth-order valence-corrected chi connectivity index (χ4v) is 4.74. The summed E-state index contributed by atoms with van der Waals surface area (Å²) in [7, 11) is 0. The Kier molecular flexibility index (Phi) is 8.00. The molecule has 0 atom stereocenters. The fraction of sp³-hybridized carbons (Fsp3) is 0.393. The van der Waals surface area contributed by atoms with Crippen LogP contribution in [0.25, 0.3) is 0 Å². The summed E-state index contributed by atoms with van der Waals surface area (Å²) >= 11 is 0. The first-order valence-electron chi connectivity index (χ1n) is 12.5. The molecular weight excluding hydrogens is 483 g/mol. The molecule has 0 unspecified atom stereocenters. The Morgan fingerprint density at radius 1 is 1.11 bits per heavy atom. The van der Waals surface area contributed by atoms with Crippen LogP contribution in [-0.4, -0.2) is 35.0 Å². The van der Waals surface area contributed by atoms with Gasteiger partial charge in [0.25, 0.3) is 5.91 Å². The van der Waals surface area contributed by atoms with Gasteiger partial charge in [-0.25, -0.2) is 0 Å². The van der Waals surface area contributed by atoms with E-state index in [-0.39, 0.29) is 24.2 Å². The van der Waals surface area contributed by atoms with Crippen LogP contribution in [0.5, 0.6) is 0 Å². The Hall–Kier alpha value is -3.62. The molecule has 1 saturated heterocycles. The van der Waals surface area contributed by atoms with Gasteiger partial charge in [-0.15, -0.1) is 0 Å². The second-order valence-electron chi connectivity index (χ2n) is 9.42. The number of alkyl halides is 3. The van der Waals surface area contributed by atoms with Gasteiger partial charge in [0.15, 0.2) is 0 Å². The molecule has 6 nitrogen and oxygen atoms in total. The highest BCUT2D eigenvalue weighted by Crippen LogP contribution is 2.31. The van der Waals surface area contributed by atoms with Crippen LogP contribution in [0.3, 0.4) is 0 Å². The van der Waals surface area contributed by atoms with Gasteiger partial charge in [-0.1, -0.05) is 42.4 Å². The summed E-state index contributed by atoms with van der Waals surface area (Å²) < 4.78 is 44.1. The molecule has 0 bridgehead atoms. The first kappa shape index (κ1) is 26.4. The molecule has 196 valence electrons. The second kappa shape index (κ2) is 11.2. The van der Waals surface area contributed by atoms with Crippen LogP contribution >= 0.6 is 0 Å². The molecule has 0 saturated carbocycles. The summed E-state index contributed by atoms with van der Waals surface area (Å²) in [5, 5.41) is 6.83. The van der Waals surface area contributed by atoms with Crippen LogP contribution in [0, 0.1) is 6.92 Å². The number of nitrogens with zero attached hydrogens (tertiary/aromatic N) is 2. The number of hydrogen-bond donors (Lipinski definition) is 1. The molecule has 2 heterocycles. The van der Waals surface area contributed by atoms with E-state index in [2.05, 4.69) is 10.5 Å². The third kappa shape index (κ3) is 6.39. The second-order valence-corrected chi connectivity index (χ2v) is 9.42. The van der Waals surface area contributed by atoms with E-state index in [1.807, 2.05) is 31.2 Å². The van der Waals surface area contributed by atoms with Crippen molar-refractivity contribution in [2.24, 2.45) is 0 Å². The molecule has 2 aromatic carbocycles. The lowest BCUT2D eigenvalue weighted by Crippen LogP contribution is -2.38. The normalized spacial score (nSPS) is 14.6. The molecule has 0 spiro atoms. The zero-order valence-corrected chi connectivity index (χ0v) is 20.9. The predicted octanol–water partition coefficient (Wildman–Crippen LogP) is 6.16. The van der Waals surface area contributed by atoms with Gasteiger partial charge in [-0.05, 0) is 61.4 Å². The molecule has 4 rings (SSSR count). The van der Waals surface area contributed by atoms with Crippen molar-refractivity contribution in [3.63, 3.8) is 0 Å². The van der Waals surface area contributed by atoms with Gasteiger partial charge in [-0.2, -0.15) is 13.2 Å². The first-order valence-corrected chi connectivity index (χ1v) is 12.5. The Morgan fingerprint density at radius 2 is 1.81 bits per heavy atom. The highest BCUT2D eigenvalue weighted by atomic mass is 19.4. The molecule has 9 heteroatoms. The maximum atomic E-state index is 13.0. The topological polar surface area (TPSA) is 75.4 Å². The molecule has 3 aromatic rings. The van der Waals surface area contributed by atoms with Crippen LogP contribution in [0.2, 0.25) is 0 Å². The Bertz CT molecular complexity index is 1240. The number of carbonyl (C=O) groups excluding carboxylic acids is 2. The minimum atomic E-state index is -4.43. The van der Waals surface area contributed by atoms with E-state index in [1.54, 1.807) is 17.9 Å². The van der Waals surface area contributed by atoms with Crippen LogP contribution < -0.4 is 5.32 Å². The molecule has 1 aliphatic heterocycles. The summed E-state index contributed by atoms with van der Waals surface area (Å²) in [6, 6.07) is 12.6. The lowest BCUT2D eigenvalue weighted by atomic mass is 9.89. The Morgan fingerprint density at radius 3 is 2.46 bits per heavy atom. The summed E-state index contributed by atoms with van der Waals surface area (Å²) in [5.41, 5.74) is 2.46. The maximum Gasteiger partial charge on any atom is 0.416 e. The zero-order valence-electron chi connectivity index (χ0n) is 20.9. The number of anilines is 1. The number of benzene rings is 2. The van der Waals surface area contributed by atoms with Crippen molar-refractivity contribution in [1.82, 2.24) is 10.1 Å². The van der Waals surface area contributed by atoms with Gasteiger partial charge in [-0.3, -0.25) is 9.59 Å². The van der Waals surface area contributed by atoms with Gasteiger partial charge in [0.2, 0.25) is 5.91 Å². The number of likely N-dealkylation sites (tertiary alicyclic amines) is 1. The SMILES string of the molecule is CCCc1onc(C)c1C(=O)Nc1ccc(C2CCN(C(=O)Cc3cccc(C(F)(F)F)c3)CC2)cc1. The van der Waals surface area contributed by atoms with E-state index in [9.17, 15) is 22.8 Å². The average molecular weight is 514 g/mol. The summed E-state index contributed by atoms with van der Waals surface area (Å²) in [6.07, 6.45) is -1.46. The predicted molar refractivity (Wildman–Crippen MR) is 133 cm³/mol. The number of nitrogens with one attached hydrogen (secondary N) is 1. The fourth-order valence-electron chi connectivity index (χ4n) is 4.74. The summed E-state index contributed by atoms with van der Waals surface area (Å²) in [4.78, 5) is 27.2. The van der Waals surface area contributed by atoms with E-state index >= 15 is 0 Å². The lowest BCUT2D eigenvalue weighted by Gasteiger charge is -2.32. The monoisotopic (exact) mass is 513 g/mol. The number of amides is 2. The minimum Gasteiger partial charge on any atom is -0.360 e. The van der Waals surface area contributed by atoms with E-state index in [4.69, 9.17) is 4.52 Å². The van der Waals surface area contributed by atoms with Gasteiger partial charge in [0.1, 0.15) is 11.3 Å². The van der Waals surface area contributed by atoms with Gasteiger partial charge in [0, 0.05) is 25.2 Å². The molecule has 1 N–H and O–H groups in total. The molecule has 1 aliphatic rings. The third-order valence-electron chi connectivity index (χ3n) is 6.73. The average Bonchev–Trinajstić information content (AvgIpc) is 3.24. The summed E-state index contributed by atoms with van der Waals surface area (Å²) in [6.45, 7) is 4.86. The Balaban J connectivity index is 1.31. The van der Waals surface area contributed by atoms with Crippen molar-refractivity contribution in [3.05, 3.63) is 82.2 Å². The van der Waals surface area contributed by atoms with Crippen molar-refractivity contribution in [2.75, 3.05) is 18.4 Å². The quantitative estimate of drug-likeness (QED) is 0.411. The van der Waals surface area contributed by atoms with Crippen molar-refractivity contribution in [1.29, 1.82) is 0 Å². The summed E-state index contributed by atoms with van der Waals surface area (Å²) in [5.74, 6) is 0.437. The highest BCUT2D eigenvalue weighted by Gasteiger charge is 2.31. The van der Waals surface area contributed by atoms with E-state index < -0.39 is 11.7 Å². The molecule has 0 aliphatic carbocycles. The minimum absolute atomic E-state index is 0.0470. The standard InChI is InChI=1S/C28H30F3N3O3/c1-3-5-24-26(18(2)33-37-24)27(36)32-23-10-8-20(9-11-23)21-12-14-34(15-13-21)25(35)17-19-6-4-7-22(16-19)28(29,30)31/h4,6-11,16,21H,3,5,12-15,17H2,1-2H3,(H,32,36). The number of rotatable bonds is 7. The highest BCUT2D eigenvalue weighted by molar-refractivity contribution is 6.05. The van der Waals surface area contributed by atoms with Crippen LogP contribution in [0.15, 0.2) is 53.1 Å². The number of aryl methyl sites for hydroxylation is 2. The smallest absolute Gasteiger partial charge is 0.360 e. The maximum absolute atomic E-state index is 13.0. The first-order chi connectivity index (χ1) is 17.7. The van der Waals surface area contributed by atoms with Gasteiger partial charge in [0.05, 0.1) is 17.7 Å². The molecule has 0 radical (unpaired) electrons. The zero-order chi connectivity index (χ0) is 26.6. The number of piperidine rings is 1. The lowest BCUT2D eigenvalue weighted by molar-refractivity contribution is -0.138. The number of aromatic nitrogens is 1. The Labute approximate surface area is 213 Å². The largest absolute Gasteiger partial charge is 0.416 e. The third-order valence-corrected chi connectivity index (χ3v) is 6.73. The van der Waals surface area contributed by atoms with Gasteiger partial charge >= 0.3 is 6.18 Å². The number of halogens is 3. The van der Waals surface area contributed by atoms with Crippen LogP contribution in [0.1, 0.15) is 70.6 Å². The van der Waals surface area contributed by atoms with Crippen LogP contribution in [-0.2, 0) is 23.8 Å². The molecular formula is C28H30F3N3O3. The van der Waals surface area contributed by atoms with Crippen molar-refractivity contribution in [3.8, 4) is 0 Å². The van der Waals surface area contributed by atoms with Crippen molar-refractivity contribution >= 4 is 17.5 Å². The van der Waals surface area contributed by atoms with Crippen LogP contribution in [0.4, 0.5) is 18.9 Å². The number of hydrogen-bond acceptors (Lipinski definition) is 4.